The van der Waals surface area contributed by atoms with Gasteiger partial charge in [-0.25, -0.2) is 9.97 Å². The molecule has 2 heterocycles. The molecule has 0 saturated carbocycles. The summed E-state index contributed by atoms with van der Waals surface area (Å²) < 4.78 is 6.91. The van der Waals surface area contributed by atoms with E-state index in [4.69, 9.17) is 4.74 Å². The number of benzene rings is 1. The molecule has 7 nitrogen and oxygen atoms in total. The van der Waals surface area contributed by atoms with Gasteiger partial charge in [-0.1, -0.05) is 12.1 Å². The number of aromatic amines is 1. The summed E-state index contributed by atoms with van der Waals surface area (Å²) in [5.41, 5.74) is 1.52. The molecule has 3 aromatic rings. The predicted molar refractivity (Wildman–Crippen MR) is 77.1 cm³/mol. The van der Waals surface area contributed by atoms with Crippen molar-refractivity contribution in [3.63, 3.8) is 0 Å². The zero-order chi connectivity index (χ0) is 14.7. The SMILES string of the molecule is CNCc1ccc(OCc2cc(=O)n3[nH]cnc3n2)cc1. The molecule has 0 bridgehead atoms. The van der Waals surface area contributed by atoms with E-state index in [1.807, 2.05) is 31.3 Å². The summed E-state index contributed by atoms with van der Waals surface area (Å²) >= 11 is 0. The highest BCUT2D eigenvalue weighted by Crippen LogP contribution is 2.13. The van der Waals surface area contributed by atoms with Crippen LogP contribution in [0.4, 0.5) is 0 Å². The summed E-state index contributed by atoms with van der Waals surface area (Å²) in [5.74, 6) is 1.07. The largest absolute Gasteiger partial charge is 0.487 e. The predicted octanol–water partition coefficient (Wildman–Crippen LogP) is 0.716. The van der Waals surface area contributed by atoms with Crippen molar-refractivity contribution in [3.8, 4) is 5.75 Å². The zero-order valence-electron chi connectivity index (χ0n) is 11.5. The van der Waals surface area contributed by atoms with Gasteiger partial charge in [-0.05, 0) is 24.7 Å². The first-order valence-corrected chi connectivity index (χ1v) is 6.54. The molecule has 0 unspecified atom stereocenters. The van der Waals surface area contributed by atoms with Crippen molar-refractivity contribution in [3.05, 3.63) is 58.3 Å². The van der Waals surface area contributed by atoms with Gasteiger partial charge in [0.2, 0.25) is 0 Å². The molecule has 2 N–H and O–H groups in total. The molecule has 0 saturated heterocycles. The molecule has 0 aliphatic rings. The van der Waals surface area contributed by atoms with Crippen LogP contribution in [-0.4, -0.2) is 26.6 Å². The van der Waals surface area contributed by atoms with Crippen LogP contribution in [0.25, 0.3) is 5.78 Å². The van der Waals surface area contributed by atoms with E-state index in [2.05, 4.69) is 20.4 Å². The van der Waals surface area contributed by atoms with Gasteiger partial charge in [0.05, 0.1) is 5.69 Å². The first-order chi connectivity index (χ1) is 10.3. The van der Waals surface area contributed by atoms with E-state index in [1.165, 1.54) is 22.5 Å². The van der Waals surface area contributed by atoms with Crippen molar-refractivity contribution in [2.75, 3.05) is 7.05 Å². The second kappa shape index (κ2) is 5.76. The third kappa shape index (κ3) is 2.92. The highest BCUT2D eigenvalue weighted by atomic mass is 16.5. The van der Waals surface area contributed by atoms with Crippen molar-refractivity contribution in [2.24, 2.45) is 0 Å². The highest BCUT2D eigenvalue weighted by Gasteiger charge is 2.05. The van der Waals surface area contributed by atoms with E-state index < -0.39 is 0 Å². The van der Waals surface area contributed by atoms with Crippen LogP contribution in [0, 0.1) is 0 Å². The number of fused-ring (bicyclic) bond motifs is 1. The first-order valence-electron chi connectivity index (χ1n) is 6.54. The Morgan fingerprint density at radius 1 is 1.33 bits per heavy atom. The summed E-state index contributed by atoms with van der Waals surface area (Å²) in [6, 6.07) is 9.20. The molecular formula is C14H15N5O2. The van der Waals surface area contributed by atoms with Crippen LogP contribution < -0.4 is 15.6 Å². The molecule has 1 aromatic carbocycles. The second-order valence-electron chi connectivity index (χ2n) is 4.57. The first kappa shape index (κ1) is 13.3. The average Bonchev–Trinajstić information content (AvgIpc) is 2.96. The van der Waals surface area contributed by atoms with Crippen molar-refractivity contribution in [2.45, 2.75) is 13.2 Å². The number of rotatable bonds is 5. The minimum atomic E-state index is -0.208. The normalized spacial score (nSPS) is 10.9. The molecule has 0 aliphatic heterocycles. The van der Waals surface area contributed by atoms with E-state index in [0.717, 1.165) is 12.3 Å². The maximum Gasteiger partial charge on any atom is 0.274 e. The number of nitrogens with zero attached hydrogens (tertiary/aromatic N) is 3. The molecule has 108 valence electrons. The minimum Gasteiger partial charge on any atom is -0.487 e. The molecule has 2 aromatic heterocycles. The van der Waals surface area contributed by atoms with Gasteiger partial charge in [0.15, 0.2) is 0 Å². The fourth-order valence-electron chi connectivity index (χ4n) is 2.01. The van der Waals surface area contributed by atoms with Crippen LogP contribution in [0.3, 0.4) is 0 Å². The number of nitrogens with one attached hydrogen (secondary N) is 2. The Bertz CT molecular complexity index is 791. The van der Waals surface area contributed by atoms with E-state index in [-0.39, 0.29) is 12.2 Å². The lowest BCUT2D eigenvalue weighted by molar-refractivity contribution is 0.301. The van der Waals surface area contributed by atoms with E-state index in [0.29, 0.717) is 11.5 Å². The van der Waals surface area contributed by atoms with E-state index in [1.54, 1.807) is 0 Å². The molecular weight excluding hydrogens is 270 g/mol. The maximum atomic E-state index is 11.8. The molecule has 7 heteroatoms. The summed E-state index contributed by atoms with van der Waals surface area (Å²) in [4.78, 5) is 20.0. The lowest BCUT2D eigenvalue weighted by Gasteiger charge is -2.06. The number of hydrogen-bond donors (Lipinski definition) is 2. The third-order valence-electron chi connectivity index (χ3n) is 3.01. The minimum absolute atomic E-state index is 0.208. The summed E-state index contributed by atoms with van der Waals surface area (Å²) in [5, 5.41) is 5.78. The molecule has 0 radical (unpaired) electrons. The smallest absolute Gasteiger partial charge is 0.274 e. The monoisotopic (exact) mass is 285 g/mol. The zero-order valence-corrected chi connectivity index (χ0v) is 11.5. The molecule has 21 heavy (non-hydrogen) atoms. The van der Waals surface area contributed by atoms with Crippen molar-refractivity contribution in [1.29, 1.82) is 0 Å². The van der Waals surface area contributed by atoms with Gasteiger partial charge in [-0.2, -0.15) is 4.52 Å². The van der Waals surface area contributed by atoms with Crippen LogP contribution >= 0.6 is 0 Å². The molecule has 0 fully saturated rings. The van der Waals surface area contributed by atoms with Crippen LogP contribution in [-0.2, 0) is 13.2 Å². The van der Waals surface area contributed by atoms with Gasteiger partial charge in [-0.3, -0.25) is 9.89 Å². The maximum absolute atomic E-state index is 11.8. The van der Waals surface area contributed by atoms with Crippen LogP contribution in [0.1, 0.15) is 11.3 Å². The summed E-state index contributed by atoms with van der Waals surface area (Å²) in [7, 11) is 1.90. The Morgan fingerprint density at radius 3 is 2.90 bits per heavy atom. The van der Waals surface area contributed by atoms with Gasteiger partial charge < -0.3 is 10.1 Å². The van der Waals surface area contributed by atoms with Crippen LogP contribution in [0.5, 0.6) is 5.75 Å². The Labute approximate surface area is 120 Å². The lowest BCUT2D eigenvalue weighted by Crippen LogP contribution is -2.16. The molecule has 3 rings (SSSR count). The molecule has 0 aliphatic carbocycles. The van der Waals surface area contributed by atoms with Crippen molar-refractivity contribution in [1.82, 2.24) is 24.9 Å². The van der Waals surface area contributed by atoms with Crippen LogP contribution in [0.15, 0.2) is 41.5 Å². The fraction of sp³-hybridized carbons (Fsp3) is 0.214. The van der Waals surface area contributed by atoms with Gasteiger partial charge in [0.1, 0.15) is 18.7 Å². The Balaban J connectivity index is 1.72. The van der Waals surface area contributed by atoms with Crippen molar-refractivity contribution < 1.29 is 4.74 Å². The van der Waals surface area contributed by atoms with E-state index >= 15 is 0 Å². The third-order valence-corrected chi connectivity index (χ3v) is 3.01. The lowest BCUT2D eigenvalue weighted by atomic mass is 10.2. The van der Waals surface area contributed by atoms with Crippen molar-refractivity contribution >= 4 is 5.78 Å². The Hall–Kier alpha value is -2.67. The number of hydrogen-bond acceptors (Lipinski definition) is 5. The molecule has 0 amide bonds. The quantitative estimate of drug-likeness (QED) is 0.721. The fourth-order valence-corrected chi connectivity index (χ4v) is 2.01. The standard InChI is InChI=1S/C14H15N5O2/c1-15-7-10-2-4-12(5-3-10)21-8-11-6-13(20)19-14(18-11)16-9-17-19/h2-6,9,15H,7-8H2,1H3,(H,16,17,18). The van der Waals surface area contributed by atoms with Crippen LogP contribution in [0.2, 0.25) is 0 Å². The summed E-state index contributed by atoms with van der Waals surface area (Å²) in [6.07, 6.45) is 1.43. The Morgan fingerprint density at radius 2 is 2.14 bits per heavy atom. The van der Waals surface area contributed by atoms with Gasteiger partial charge in [-0.15, -0.1) is 0 Å². The second-order valence-corrected chi connectivity index (χ2v) is 4.57. The van der Waals surface area contributed by atoms with Gasteiger partial charge in [0, 0.05) is 12.6 Å². The topological polar surface area (TPSA) is 84.3 Å². The van der Waals surface area contributed by atoms with E-state index in [9.17, 15) is 4.79 Å². The number of aromatic nitrogens is 4. The number of H-pyrrole nitrogens is 1. The van der Waals surface area contributed by atoms with Gasteiger partial charge in [0.25, 0.3) is 11.3 Å². The number of ether oxygens (including phenoxy) is 1. The highest BCUT2D eigenvalue weighted by molar-refractivity contribution is 5.28. The average molecular weight is 285 g/mol. The molecule has 0 spiro atoms. The summed E-state index contributed by atoms with van der Waals surface area (Å²) in [6.45, 7) is 1.04. The van der Waals surface area contributed by atoms with Gasteiger partial charge >= 0.3 is 0 Å². The Kier molecular flexibility index (Phi) is 3.65. The molecule has 0 atom stereocenters.